The van der Waals surface area contributed by atoms with E-state index in [-0.39, 0.29) is 17.8 Å². The lowest BCUT2D eigenvalue weighted by Gasteiger charge is -2.14. The molecule has 0 aromatic heterocycles. The standard InChI is InChI=1S/C12H15NO5S/c1-9(14)18-12(8-19)6-7-17-11-4-2-10(3-5-11)13(15)16/h2-5,12,19H,6-8H2,1H3. The van der Waals surface area contributed by atoms with E-state index in [0.29, 0.717) is 24.5 Å². The third kappa shape index (κ3) is 5.60. The number of non-ortho nitro benzene ring substituents is 1. The Hall–Kier alpha value is -1.76. The van der Waals surface area contributed by atoms with Gasteiger partial charge in [0.25, 0.3) is 5.69 Å². The molecule has 0 radical (unpaired) electrons. The van der Waals surface area contributed by atoms with Gasteiger partial charge in [-0.05, 0) is 12.1 Å². The largest absolute Gasteiger partial charge is 0.493 e. The first kappa shape index (κ1) is 15.3. The Morgan fingerprint density at radius 2 is 2.05 bits per heavy atom. The molecule has 0 spiro atoms. The van der Waals surface area contributed by atoms with Crippen molar-refractivity contribution in [3.05, 3.63) is 34.4 Å². The molecule has 0 fully saturated rings. The predicted octanol–water partition coefficient (Wildman–Crippen LogP) is 2.23. The van der Waals surface area contributed by atoms with Crippen LogP contribution in [0.15, 0.2) is 24.3 Å². The number of ether oxygens (including phenoxy) is 2. The van der Waals surface area contributed by atoms with E-state index in [4.69, 9.17) is 9.47 Å². The van der Waals surface area contributed by atoms with Gasteiger partial charge in [-0.3, -0.25) is 14.9 Å². The number of benzene rings is 1. The molecule has 1 atom stereocenters. The van der Waals surface area contributed by atoms with Crippen LogP contribution in [0.5, 0.6) is 5.75 Å². The minimum absolute atomic E-state index is 0.0143. The molecule has 19 heavy (non-hydrogen) atoms. The van der Waals surface area contributed by atoms with Crippen LogP contribution in [-0.4, -0.2) is 29.4 Å². The summed E-state index contributed by atoms with van der Waals surface area (Å²) in [5.41, 5.74) is 0.0143. The van der Waals surface area contributed by atoms with E-state index in [9.17, 15) is 14.9 Å². The third-order valence-corrected chi connectivity index (χ3v) is 2.70. The lowest BCUT2D eigenvalue weighted by molar-refractivity contribution is -0.384. The summed E-state index contributed by atoms with van der Waals surface area (Å²) in [5.74, 6) is 0.601. The van der Waals surface area contributed by atoms with Crippen molar-refractivity contribution in [3.8, 4) is 5.75 Å². The molecule has 7 heteroatoms. The molecule has 0 amide bonds. The van der Waals surface area contributed by atoms with Gasteiger partial charge in [0.15, 0.2) is 0 Å². The molecule has 6 nitrogen and oxygen atoms in total. The quantitative estimate of drug-likeness (QED) is 0.360. The fraction of sp³-hybridized carbons (Fsp3) is 0.417. The van der Waals surface area contributed by atoms with Crippen LogP contribution in [0.25, 0.3) is 0 Å². The van der Waals surface area contributed by atoms with Crippen LogP contribution < -0.4 is 4.74 Å². The van der Waals surface area contributed by atoms with E-state index in [1.54, 1.807) is 0 Å². The highest BCUT2D eigenvalue weighted by Crippen LogP contribution is 2.17. The molecule has 1 aromatic carbocycles. The molecule has 1 unspecified atom stereocenters. The van der Waals surface area contributed by atoms with E-state index in [0.717, 1.165) is 0 Å². The summed E-state index contributed by atoms with van der Waals surface area (Å²) in [4.78, 5) is 20.8. The summed E-state index contributed by atoms with van der Waals surface area (Å²) in [7, 11) is 0. The Morgan fingerprint density at radius 3 is 2.53 bits per heavy atom. The van der Waals surface area contributed by atoms with E-state index >= 15 is 0 Å². The van der Waals surface area contributed by atoms with Crippen molar-refractivity contribution in [3.63, 3.8) is 0 Å². The van der Waals surface area contributed by atoms with E-state index in [1.807, 2.05) is 0 Å². The van der Waals surface area contributed by atoms with Gasteiger partial charge in [-0.25, -0.2) is 0 Å². The Labute approximate surface area is 116 Å². The second-order valence-electron chi connectivity index (χ2n) is 3.80. The predicted molar refractivity (Wildman–Crippen MR) is 72.6 cm³/mol. The molecule has 0 heterocycles. The first-order valence-corrected chi connectivity index (χ1v) is 6.31. The maximum atomic E-state index is 10.8. The van der Waals surface area contributed by atoms with Crippen LogP contribution >= 0.6 is 12.6 Å². The maximum absolute atomic E-state index is 10.8. The van der Waals surface area contributed by atoms with Gasteiger partial charge in [-0.15, -0.1) is 0 Å². The number of carbonyl (C=O) groups excluding carboxylic acids is 1. The molecule has 0 aliphatic carbocycles. The Morgan fingerprint density at radius 1 is 1.42 bits per heavy atom. The van der Waals surface area contributed by atoms with Gasteiger partial charge >= 0.3 is 5.97 Å². The molecular weight excluding hydrogens is 270 g/mol. The number of esters is 1. The van der Waals surface area contributed by atoms with Crippen LogP contribution in [-0.2, 0) is 9.53 Å². The molecule has 104 valence electrons. The zero-order valence-corrected chi connectivity index (χ0v) is 11.3. The average Bonchev–Trinajstić information content (AvgIpc) is 2.37. The monoisotopic (exact) mass is 285 g/mol. The van der Waals surface area contributed by atoms with Crippen LogP contribution in [0.2, 0.25) is 0 Å². The Balaban J connectivity index is 2.39. The zero-order valence-electron chi connectivity index (χ0n) is 10.4. The van der Waals surface area contributed by atoms with E-state index in [1.165, 1.54) is 31.2 Å². The fourth-order valence-corrected chi connectivity index (χ4v) is 1.65. The van der Waals surface area contributed by atoms with Crippen LogP contribution in [0.3, 0.4) is 0 Å². The number of nitrogens with zero attached hydrogens (tertiary/aromatic N) is 1. The number of nitro groups is 1. The molecule has 0 aliphatic heterocycles. The van der Waals surface area contributed by atoms with Crippen molar-refractivity contribution in [1.29, 1.82) is 0 Å². The maximum Gasteiger partial charge on any atom is 0.302 e. The number of hydrogen-bond acceptors (Lipinski definition) is 6. The van der Waals surface area contributed by atoms with Crippen LogP contribution in [0.4, 0.5) is 5.69 Å². The van der Waals surface area contributed by atoms with Gasteiger partial charge in [-0.1, -0.05) is 0 Å². The van der Waals surface area contributed by atoms with Crippen LogP contribution in [0, 0.1) is 10.1 Å². The lowest BCUT2D eigenvalue weighted by atomic mass is 10.3. The van der Waals surface area contributed by atoms with Gasteiger partial charge < -0.3 is 9.47 Å². The van der Waals surface area contributed by atoms with Gasteiger partial charge in [0.05, 0.1) is 11.5 Å². The van der Waals surface area contributed by atoms with Crippen molar-refractivity contribution in [2.75, 3.05) is 12.4 Å². The summed E-state index contributed by atoms with van der Waals surface area (Å²) in [6.45, 7) is 1.68. The smallest absolute Gasteiger partial charge is 0.302 e. The van der Waals surface area contributed by atoms with Gasteiger partial charge in [0.1, 0.15) is 11.9 Å². The summed E-state index contributed by atoms with van der Waals surface area (Å²) in [5, 5.41) is 10.5. The minimum atomic E-state index is -0.471. The number of hydrogen-bond donors (Lipinski definition) is 1. The van der Waals surface area contributed by atoms with Crippen molar-refractivity contribution in [2.24, 2.45) is 0 Å². The molecule has 0 bridgehead atoms. The van der Waals surface area contributed by atoms with Gasteiger partial charge in [0, 0.05) is 31.2 Å². The normalized spacial score (nSPS) is 11.7. The number of nitro benzene ring substituents is 1. The highest BCUT2D eigenvalue weighted by molar-refractivity contribution is 7.80. The highest BCUT2D eigenvalue weighted by Gasteiger charge is 2.10. The zero-order chi connectivity index (χ0) is 14.3. The number of thiol groups is 1. The van der Waals surface area contributed by atoms with Gasteiger partial charge in [0.2, 0.25) is 0 Å². The summed E-state index contributed by atoms with van der Waals surface area (Å²) >= 11 is 4.08. The molecule has 0 N–H and O–H groups in total. The van der Waals surface area contributed by atoms with Crippen molar-refractivity contribution in [2.45, 2.75) is 19.4 Å². The summed E-state index contributed by atoms with van der Waals surface area (Å²) in [6, 6.07) is 5.80. The van der Waals surface area contributed by atoms with E-state index in [2.05, 4.69) is 12.6 Å². The first-order valence-electron chi connectivity index (χ1n) is 5.68. The second kappa shape index (κ2) is 7.63. The SMILES string of the molecule is CC(=O)OC(CS)CCOc1ccc([N+](=O)[O-])cc1. The topological polar surface area (TPSA) is 78.7 Å². The molecule has 1 rings (SSSR count). The molecule has 0 saturated heterocycles. The lowest BCUT2D eigenvalue weighted by Crippen LogP contribution is -2.20. The van der Waals surface area contributed by atoms with Gasteiger partial charge in [-0.2, -0.15) is 12.6 Å². The van der Waals surface area contributed by atoms with Crippen molar-refractivity contribution < 1.29 is 19.2 Å². The second-order valence-corrected chi connectivity index (χ2v) is 4.17. The summed E-state index contributed by atoms with van der Waals surface area (Å²) < 4.78 is 10.4. The minimum Gasteiger partial charge on any atom is -0.493 e. The summed E-state index contributed by atoms with van der Waals surface area (Å²) in [6.07, 6.45) is 0.221. The first-order chi connectivity index (χ1) is 9.02. The fourth-order valence-electron chi connectivity index (χ4n) is 1.39. The Kier molecular flexibility index (Phi) is 6.14. The van der Waals surface area contributed by atoms with Crippen molar-refractivity contribution in [1.82, 2.24) is 0 Å². The van der Waals surface area contributed by atoms with E-state index < -0.39 is 4.92 Å². The average molecular weight is 285 g/mol. The molecule has 0 saturated carbocycles. The van der Waals surface area contributed by atoms with Crippen molar-refractivity contribution >= 4 is 24.3 Å². The number of carbonyl (C=O) groups is 1. The third-order valence-electron chi connectivity index (χ3n) is 2.29. The van der Waals surface area contributed by atoms with Crippen LogP contribution in [0.1, 0.15) is 13.3 Å². The molecule has 0 aliphatic rings. The highest BCUT2D eigenvalue weighted by atomic mass is 32.1. The molecular formula is C12H15NO5S. The molecule has 1 aromatic rings. The Bertz CT molecular complexity index is 434. The number of rotatable bonds is 7.